The number of hydrogen-bond acceptors (Lipinski definition) is 3. The molecule has 1 aromatic carbocycles. The summed E-state index contributed by atoms with van der Waals surface area (Å²) in [5.74, 6) is 0. The van der Waals surface area contributed by atoms with Crippen molar-refractivity contribution >= 4 is 11.3 Å². The van der Waals surface area contributed by atoms with E-state index in [0.29, 0.717) is 0 Å². The molecule has 1 N–H and O–H groups in total. The summed E-state index contributed by atoms with van der Waals surface area (Å²) >= 11 is 1.78. The van der Waals surface area contributed by atoms with Gasteiger partial charge in [0.15, 0.2) is 0 Å². The van der Waals surface area contributed by atoms with E-state index in [1.807, 2.05) is 6.20 Å². The first-order chi connectivity index (χ1) is 9.91. The van der Waals surface area contributed by atoms with Gasteiger partial charge in [-0.15, -0.1) is 11.3 Å². The molecule has 0 radical (unpaired) electrons. The van der Waals surface area contributed by atoms with Crippen LogP contribution in [0.4, 0.5) is 0 Å². The summed E-state index contributed by atoms with van der Waals surface area (Å²) in [6.45, 7) is 12.0. The number of thiazole rings is 1. The van der Waals surface area contributed by atoms with Crippen LogP contribution in [-0.4, -0.2) is 11.5 Å². The molecule has 2 rings (SSSR count). The summed E-state index contributed by atoms with van der Waals surface area (Å²) in [6, 6.07) is 9.27. The van der Waals surface area contributed by atoms with Gasteiger partial charge >= 0.3 is 0 Å². The maximum absolute atomic E-state index is 4.41. The van der Waals surface area contributed by atoms with Crippen LogP contribution in [0.15, 0.2) is 30.5 Å². The highest BCUT2D eigenvalue weighted by atomic mass is 32.1. The Kier molecular flexibility index (Phi) is 5.17. The third-order valence-electron chi connectivity index (χ3n) is 3.63. The zero-order valence-electron chi connectivity index (χ0n) is 13.7. The molecule has 0 spiro atoms. The lowest BCUT2D eigenvalue weighted by molar-refractivity contribution is 0.585. The van der Waals surface area contributed by atoms with E-state index >= 15 is 0 Å². The Morgan fingerprint density at radius 1 is 1.19 bits per heavy atom. The molecule has 1 aromatic heterocycles. The molecule has 114 valence electrons. The van der Waals surface area contributed by atoms with E-state index < -0.39 is 0 Å². The van der Waals surface area contributed by atoms with Crippen molar-refractivity contribution in [3.63, 3.8) is 0 Å². The van der Waals surface area contributed by atoms with Crippen LogP contribution < -0.4 is 5.32 Å². The Balaban J connectivity index is 2.28. The van der Waals surface area contributed by atoms with Gasteiger partial charge in [-0.3, -0.25) is 0 Å². The van der Waals surface area contributed by atoms with E-state index in [4.69, 9.17) is 0 Å². The van der Waals surface area contributed by atoms with Gasteiger partial charge in [0.05, 0.1) is 11.0 Å². The van der Waals surface area contributed by atoms with Crippen LogP contribution >= 0.6 is 11.3 Å². The zero-order chi connectivity index (χ0) is 15.5. The van der Waals surface area contributed by atoms with Crippen molar-refractivity contribution < 1.29 is 0 Å². The van der Waals surface area contributed by atoms with E-state index in [-0.39, 0.29) is 11.5 Å². The van der Waals surface area contributed by atoms with Gasteiger partial charge in [-0.05, 0) is 36.4 Å². The van der Waals surface area contributed by atoms with Crippen molar-refractivity contribution in [3.8, 4) is 0 Å². The van der Waals surface area contributed by atoms with E-state index in [2.05, 4.69) is 69.2 Å². The van der Waals surface area contributed by atoms with Crippen molar-refractivity contribution in [2.75, 3.05) is 6.54 Å². The van der Waals surface area contributed by atoms with Crippen LogP contribution in [0.5, 0.6) is 0 Å². The monoisotopic (exact) mass is 302 g/mol. The minimum atomic E-state index is 0.200. The fraction of sp³-hybridized carbons (Fsp3) is 0.500. The molecule has 0 saturated heterocycles. The van der Waals surface area contributed by atoms with Gasteiger partial charge in [-0.2, -0.15) is 0 Å². The second kappa shape index (κ2) is 6.71. The molecule has 1 heterocycles. The highest BCUT2D eigenvalue weighted by molar-refractivity contribution is 7.11. The molecule has 1 unspecified atom stereocenters. The number of aromatic nitrogens is 1. The van der Waals surface area contributed by atoms with Gasteiger partial charge in [0.1, 0.15) is 0 Å². The van der Waals surface area contributed by atoms with Crippen molar-refractivity contribution in [1.82, 2.24) is 10.3 Å². The smallest absolute Gasteiger partial charge is 0.0897 e. The van der Waals surface area contributed by atoms with Gasteiger partial charge in [0, 0.05) is 11.1 Å². The summed E-state index contributed by atoms with van der Waals surface area (Å²) in [7, 11) is 0. The van der Waals surface area contributed by atoms with E-state index in [1.165, 1.54) is 16.0 Å². The molecule has 0 aliphatic rings. The van der Waals surface area contributed by atoms with Crippen LogP contribution in [-0.2, 0) is 5.41 Å². The third-order valence-corrected chi connectivity index (χ3v) is 4.61. The van der Waals surface area contributed by atoms with E-state index in [9.17, 15) is 0 Å². The number of nitrogens with one attached hydrogen (secondary N) is 1. The number of rotatable bonds is 5. The molecule has 21 heavy (non-hydrogen) atoms. The van der Waals surface area contributed by atoms with Crippen LogP contribution in [0.3, 0.4) is 0 Å². The average Bonchev–Trinajstić information content (AvgIpc) is 2.85. The lowest BCUT2D eigenvalue weighted by atomic mass is 9.86. The molecule has 1 atom stereocenters. The van der Waals surface area contributed by atoms with Crippen molar-refractivity contribution in [2.45, 2.75) is 52.5 Å². The second-order valence-corrected chi connectivity index (χ2v) is 7.81. The van der Waals surface area contributed by atoms with Gasteiger partial charge in [0.2, 0.25) is 0 Å². The maximum Gasteiger partial charge on any atom is 0.0897 e. The summed E-state index contributed by atoms with van der Waals surface area (Å²) in [5, 5.41) is 4.77. The van der Waals surface area contributed by atoms with Gasteiger partial charge in [-0.1, -0.05) is 52.0 Å². The Morgan fingerprint density at radius 3 is 2.33 bits per heavy atom. The first-order valence-corrected chi connectivity index (χ1v) is 8.49. The largest absolute Gasteiger partial charge is 0.306 e. The highest BCUT2D eigenvalue weighted by Crippen LogP contribution is 2.29. The summed E-state index contributed by atoms with van der Waals surface area (Å²) in [6.07, 6.45) is 3.14. The Hall–Kier alpha value is -1.19. The van der Waals surface area contributed by atoms with Crippen molar-refractivity contribution in [1.29, 1.82) is 0 Å². The number of hydrogen-bond donors (Lipinski definition) is 1. The first-order valence-electron chi connectivity index (χ1n) is 7.68. The van der Waals surface area contributed by atoms with Crippen LogP contribution in [0.2, 0.25) is 0 Å². The molecule has 3 heteroatoms. The summed E-state index contributed by atoms with van der Waals surface area (Å²) in [5.41, 5.74) is 2.90. The molecule has 0 bridgehead atoms. The standard InChI is InChI=1S/C18H26N2S/c1-6-11-19-17(16-12-20-13(2)21-16)14-7-9-15(10-8-14)18(3,4)5/h7-10,12,17,19H,6,11H2,1-5H3. The molecule has 0 fully saturated rings. The molecule has 0 amide bonds. The number of nitrogens with zero attached hydrogens (tertiary/aromatic N) is 1. The zero-order valence-corrected chi connectivity index (χ0v) is 14.6. The predicted molar refractivity (Wildman–Crippen MR) is 92.1 cm³/mol. The van der Waals surface area contributed by atoms with Crippen molar-refractivity contribution in [3.05, 3.63) is 51.5 Å². The molecule has 0 aliphatic carbocycles. The lowest BCUT2D eigenvalue weighted by Gasteiger charge is -2.21. The third kappa shape index (κ3) is 4.14. The fourth-order valence-corrected chi connectivity index (χ4v) is 3.25. The van der Waals surface area contributed by atoms with Gasteiger partial charge < -0.3 is 5.32 Å². The van der Waals surface area contributed by atoms with Crippen LogP contribution in [0.1, 0.15) is 61.2 Å². The Morgan fingerprint density at radius 2 is 1.86 bits per heavy atom. The molecule has 2 nitrogen and oxygen atoms in total. The van der Waals surface area contributed by atoms with Gasteiger partial charge in [-0.25, -0.2) is 4.98 Å². The van der Waals surface area contributed by atoms with Crippen LogP contribution in [0, 0.1) is 6.92 Å². The summed E-state index contributed by atoms with van der Waals surface area (Å²) in [4.78, 5) is 5.70. The quantitative estimate of drug-likeness (QED) is 0.855. The average molecular weight is 302 g/mol. The topological polar surface area (TPSA) is 24.9 Å². The molecular weight excluding hydrogens is 276 g/mol. The maximum atomic E-state index is 4.41. The molecule has 2 aromatic rings. The Bertz CT molecular complexity index is 564. The normalized spacial score (nSPS) is 13.4. The van der Waals surface area contributed by atoms with E-state index in [1.54, 1.807) is 11.3 Å². The lowest BCUT2D eigenvalue weighted by Crippen LogP contribution is -2.22. The first kappa shape index (κ1) is 16.2. The molecule has 0 saturated carbocycles. The minimum absolute atomic E-state index is 0.200. The fourth-order valence-electron chi connectivity index (χ4n) is 2.36. The SMILES string of the molecule is CCCNC(c1ccc(C(C)(C)C)cc1)c1cnc(C)s1. The van der Waals surface area contributed by atoms with Crippen LogP contribution in [0.25, 0.3) is 0 Å². The molecular formula is C18H26N2S. The van der Waals surface area contributed by atoms with E-state index in [0.717, 1.165) is 18.0 Å². The van der Waals surface area contributed by atoms with Gasteiger partial charge in [0.25, 0.3) is 0 Å². The predicted octanol–water partition coefficient (Wildman–Crippen LogP) is 4.84. The number of aryl methyl sites for hydroxylation is 1. The molecule has 0 aliphatic heterocycles. The van der Waals surface area contributed by atoms with Crippen molar-refractivity contribution in [2.24, 2.45) is 0 Å². The Labute approximate surface area is 132 Å². The number of benzene rings is 1. The second-order valence-electron chi connectivity index (χ2n) is 6.54. The minimum Gasteiger partial charge on any atom is -0.306 e. The summed E-state index contributed by atoms with van der Waals surface area (Å²) < 4.78 is 0. The highest BCUT2D eigenvalue weighted by Gasteiger charge is 2.18.